The number of hydrogen-bond acceptors (Lipinski definition) is 6. The van der Waals surface area contributed by atoms with Crippen LogP contribution in [0, 0.1) is 0 Å². The highest BCUT2D eigenvalue weighted by atomic mass is 35.5. The summed E-state index contributed by atoms with van der Waals surface area (Å²) in [5, 5.41) is 9.07. The Morgan fingerprint density at radius 2 is 1.90 bits per heavy atom. The number of ether oxygens (including phenoxy) is 1. The first-order chi connectivity index (χ1) is 14.8. The number of benzene rings is 1. The van der Waals surface area contributed by atoms with Gasteiger partial charge < -0.3 is 14.1 Å². The Labute approximate surface area is 188 Å². The van der Waals surface area contributed by atoms with E-state index in [1.54, 1.807) is 0 Å². The molecule has 0 N–H and O–H groups in total. The van der Waals surface area contributed by atoms with Gasteiger partial charge in [-0.25, -0.2) is 4.79 Å². The second-order valence-electron chi connectivity index (χ2n) is 9.40. The maximum Gasteiger partial charge on any atom is 0.410 e. The molecule has 168 valence electrons. The predicted molar refractivity (Wildman–Crippen MR) is 119 cm³/mol. The quantitative estimate of drug-likeness (QED) is 0.647. The molecule has 2 unspecified atom stereocenters. The summed E-state index contributed by atoms with van der Waals surface area (Å²) < 4.78 is 11.6. The molecule has 1 aromatic heterocycles. The summed E-state index contributed by atoms with van der Waals surface area (Å²) in [6.07, 6.45) is 5.13. The molecule has 0 saturated carbocycles. The van der Waals surface area contributed by atoms with Gasteiger partial charge in [0.15, 0.2) is 0 Å². The van der Waals surface area contributed by atoms with Gasteiger partial charge in [0.25, 0.3) is 0 Å². The number of carbonyl (C=O) groups excluding carboxylic acids is 1. The molecule has 0 bridgehead atoms. The molecule has 2 aliphatic heterocycles. The smallest absolute Gasteiger partial charge is 0.410 e. The van der Waals surface area contributed by atoms with Crippen molar-refractivity contribution in [3.05, 3.63) is 35.2 Å². The minimum atomic E-state index is -0.491. The van der Waals surface area contributed by atoms with E-state index in [-0.39, 0.29) is 18.2 Å². The monoisotopic (exact) mass is 446 g/mol. The van der Waals surface area contributed by atoms with Crippen LogP contribution >= 0.6 is 11.6 Å². The van der Waals surface area contributed by atoms with Crippen LogP contribution in [0.15, 0.2) is 28.7 Å². The van der Waals surface area contributed by atoms with Crippen LogP contribution in [0.2, 0.25) is 5.02 Å². The van der Waals surface area contributed by atoms with E-state index in [4.69, 9.17) is 20.8 Å². The average Bonchev–Trinajstić information content (AvgIpc) is 3.37. The molecule has 31 heavy (non-hydrogen) atoms. The first kappa shape index (κ1) is 22.1. The van der Waals surface area contributed by atoms with E-state index in [0.717, 1.165) is 50.8 Å². The van der Waals surface area contributed by atoms with Gasteiger partial charge >= 0.3 is 6.09 Å². The molecule has 0 aliphatic carbocycles. The Balaban J connectivity index is 1.48. The Morgan fingerprint density at radius 1 is 1.13 bits per heavy atom. The second kappa shape index (κ2) is 9.17. The Bertz CT molecular complexity index is 910. The zero-order valence-corrected chi connectivity index (χ0v) is 19.3. The van der Waals surface area contributed by atoms with Gasteiger partial charge in [-0.1, -0.05) is 30.2 Å². The van der Waals surface area contributed by atoms with Gasteiger partial charge in [0.1, 0.15) is 5.60 Å². The Morgan fingerprint density at radius 3 is 2.68 bits per heavy atom. The molecule has 0 radical (unpaired) electrons. The maximum absolute atomic E-state index is 12.8. The van der Waals surface area contributed by atoms with Gasteiger partial charge in [-0.15, -0.1) is 10.2 Å². The number of likely N-dealkylation sites (tertiary alicyclic amines) is 2. The zero-order chi connectivity index (χ0) is 22.0. The molecule has 7 nitrogen and oxygen atoms in total. The lowest BCUT2D eigenvalue weighted by molar-refractivity contribution is 0.00540. The number of amides is 1. The zero-order valence-electron chi connectivity index (χ0n) is 18.5. The van der Waals surface area contributed by atoms with E-state index in [1.165, 1.54) is 0 Å². The highest BCUT2D eigenvalue weighted by Crippen LogP contribution is 2.32. The highest BCUT2D eigenvalue weighted by molar-refractivity contribution is 6.33. The van der Waals surface area contributed by atoms with E-state index < -0.39 is 5.60 Å². The van der Waals surface area contributed by atoms with E-state index in [2.05, 4.69) is 15.1 Å². The third-order valence-corrected chi connectivity index (χ3v) is 6.27. The van der Waals surface area contributed by atoms with Crippen LogP contribution < -0.4 is 0 Å². The second-order valence-corrected chi connectivity index (χ2v) is 9.80. The number of aromatic nitrogens is 2. The van der Waals surface area contributed by atoms with Crippen molar-refractivity contribution < 1.29 is 13.9 Å². The van der Waals surface area contributed by atoms with Crippen LogP contribution in [0.3, 0.4) is 0 Å². The summed E-state index contributed by atoms with van der Waals surface area (Å²) in [6.45, 7) is 8.01. The number of nitrogens with zero attached hydrogens (tertiary/aromatic N) is 4. The molecule has 8 heteroatoms. The van der Waals surface area contributed by atoms with Gasteiger partial charge in [0, 0.05) is 12.6 Å². The van der Waals surface area contributed by atoms with E-state index in [1.807, 2.05) is 49.9 Å². The van der Waals surface area contributed by atoms with Crippen molar-refractivity contribution in [1.82, 2.24) is 20.0 Å². The van der Waals surface area contributed by atoms with E-state index >= 15 is 0 Å². The van der Waals surface area contributed by atoms with E-state index in [0.29, 0.717) is 23.3 Å². The van der Waals surface area contributed by atoms with E-state index in [9.17, 15) is 4.79 Å². The summed E-state index contributed by atoms with van der Waals surface area (Å²) in [5.41, 5.74) is 0.250. The molecule has 2 aliphatic rings. The SMILES string of the molecule is CC(C)(C)OC(=O)N1CCCC1C1CCCCN1Cc1nnc(-c2ccccc2Cl)o1. The number of halogens is 1. The lowest BCUT2D eigenvalue weighted by atomic mass is 9.94. The summed E-state index contributed by atoms with van der Waals surface area (Å²) in [6, 6.07) is 7.88. The Hall–Kier alpha value is -2.12. The van der Waals surface area contributed by atoms with Crippen molar-refractivity contribution in [3.8, 4) is 11.5 Å². The predicted octanol–water partition coefficient (Wildman–Crippen LogP) is 5.14. The molecule has 3 heterocycles. The maximum atomic E-state index is 12.8. The number of carbonyl (C=O) groups is 1. The number of piperidine rings is 1. The van der Waals surface area contributed by atoms with Gasteiger partial charge in [-0.3, -0.25) is 4.90 Å². The molecule has 1 aromatic carbocycles. The molecule has 4 rings (SSSR count). The van der Waals surface area contributed by atoms with Crippen molar-refractivity contribution in [1.29, 1.82) is 0 Å². The summed E-state index contributed by atoms with van der Waals surface area (Å²) >= 11 is 6.27. The fourth-order valence-corrected chi connectivity index (χ4v) is 4.84. The molecule has 2 fully saturated rings. The minimum Gasteiger partial charge on any atom is -0.444 e. The first-order valence-corrected chi connectivity index (χ1v) is 11.5. The van der Waals surface area contributed by atoms with Crippen LogP contribution in [0.5, 0.6) is 0 Å². The lowest BCUT2D eigenvalue weighted by Gasteiger charge is -2.41. The van der Waals surface area contributed by atoms with Gasteiger partial charge in [-0.05, 0) is 65.1 Å². The normalized spacial score (nSPS) is 22.6. The summed E-state index contributed by atoms with van der Waals surface area (Å²) in [7, 11) is 0. The molecular formula is C23H31ClN4O3. The molecule has 1 amide bonds. The fourth-order valence-electron chi connectivity index (χ4n) is 4.62. The molecule has 2 atom stereocenters. The standard InChI is InChI=1S/C23H31ClN4O3/c1-23(2,3)31-22(29)28-14-8-12-19(28)18-11-6-7-13-27(18)15-20-25-26-21(30-20)16-9-4-5-10-17(16)24/h4-5,9-10,18-19H,6-8,11-15H2,1-3H3. The summed E-state index contributed by atoms with van der Waals surface area (Å²) in [5.74, 6) is 1.01. The van der Waals surface area contributed by atoms with Crippen LogP contribution in [0.1, 0.15) is 58.8 Å². The van der Waals surface area contributed by atoms with Gasteiger partial charge in [0.05, 0.1) is 23.2 Å². The number of rotatable bonds is 4. The average molecular weight is 447 g/mol. The lowest BCUT2D eigenvalue weighted by Crippen LogP contribution is -2.53. The summed E-state index contributed by atoms with van der Waals surface area (Å²) in [4.78, 5) is 17.1. The van der Waals surface area contributed by atoms with Crippen LogP contribution in [0.4, 0.5) is 4.79 Å². The van der Waals surface area contributed by atoms with Crippen LogP contribution in [-0.2, 0) is 11.3 Å². The third-order valence-electron chi connectivity index (χ3n) is 5.95. The van der Waals surface area contributed by atoms with Crippen molar-refractivity contribution in [2.75, 3.05) is 13.1 Å². The van der Waals surface area contributed by atoms with Crippen molar-refractivity contribution in [3.63, 3.8) is 0 Å². The molecule has 2 saturated heterocycles. The first-order valence-electron chi connectivity index (χ1n) is 11.1. The van der Waals surface area contributed by atoms with Crippen LogP contribution in [0.25, 0.3) is 11.5 Å². The van der Waals surface area contributed by atoms with Crippen molar-refractivity contribution in [2.24, 2.45) is 0 Å². The van der Waals surface area contributed by atoms with Crippen LogP contribution in [-0.4, -0.2) is 56.9 Å². The van der Waals surface area contributed by atoms with Gasteiger partial charge in [0.2, 0.25) is 11.8 Å². The highest BCUT2D eigenvalue weighted by Gasteiger charge is 2.40. The Kier molecular flexibility index (Phi) is 6.53. The fraction of sp³-hybridized carbons (Fsp3) is 0.609. The number of hydrogen-bond donors (Lipinski definition) is 0. The molecular weight excluding hydrogens is 416 g/mol. The minimum absolute atomic E-state index is 0.154. The topological polar surface area (TPSA) is 71.7 Å². The third kappa shape index (κ3) is 5.21. The largest absolute Gasteiger partial charge is 0.444 e. The molecule has 0 spiro atoms. The van der Waals surface area contributed by atoms with Gasteiger partial charge in [-0.2, -0.15) is 0 Å². The van der Waals surface area contributed by atoms with Crippen molar-refractivity contribution >= 4 is 17.7 Å². The molecule has 2 aromatic rings. The van der Waals surface area contributed by atoms with Crippen molar-refractivity contribution in [2.45, 2.75) is 77.1 Å².